The van der Waals surface area contributed by atoms with E-state index < -0.39 is 10.0 Å². The summed E-state index contributed by atoms with van der Waals surface area (Å²) in [5, 5.41) is 3.26. The molecule has 0 saturated carbocycles. The number of rotatable bonds is 7. The van der Waals surface area contributed by atoms with Crippen LogP contribution in [0, 0.1) is 0 Å². The zero-order chi connectivity index (χ0) is 25.0. The number of amides is 1. The van der Waals surface area contributed by atoms with Crippen LogP contribution in [0.5, 0.6) is 0 Å². The molecule has 0 bridgehead atoms. The fraction of sp³-hybridized carbons (Fsp3) is 0.231. The lowest BCUT2D eigenvalue weighted by Crippen LogP contribution is -2.47. The van der Waals surface area contributed by atoms with Gasteiger partial charge in [-0.1, -0.05) is 54.1 Å². The maximum Gasteiger partial charge on any atom is 0.255 e. The van der Waals surface area contributed by atoms with Crippen molar-refractivity contribution < 1.29 is 18.0 Å². The third-order valence-electron chi connectivity index (χ3n) is 5.91. The fourth-order valence-electron chi connectivity index (χ4n) is 4.04. The summed E-state index contributed by atoms with van der Waals surface area (Å²) < 4.78 is 24.9. The molecule has 182 valence electrons. The van der Waals surface area contributed by atoms with E-state index in [1.165, 1.54) is 10.6 Å². The smallest absolute Gasteiger partial charge is 0.255 e. The summed E-state index contributed by atoms with van der Waals surface area (Å²) in [6.45, 7) is 2.76. The van der Waals surface area contributed by atoms with E-state index in [4.69, 9.17) is 11.6 Å². The van der Waals surface area contributed by atoms with Crippen LogP contribution in [-0.4, -0.2) is 61.7 Å². The summed E-state index contributed by atoms with van der Waals surface area (Å²) in [6, 6.07) is 20.9. The summed E-state index contributed by atoms with van der Waals surface area (Å²) in [5.41, 5.74) is 2.61. The number of piperazine rings is 1. The summed E-state index contributed by atoms with van der Waals surface area (Å²) in [4.78, 5) is 28.3. The van der Waals surface area contributed by atoms with E-state index in [0.29, 0.717) is 60.1 Å². The quantitative estimate of drug-likeness (QED) is 0.486. The average Bonchev–Trinajstić information content (AvgIpc) is 2.85. The van der Waals surface area contributed by atoms with Gasteiger partial charge in [0, 0.05) is 54.4 Å². The van der Waals surface area contributed by atoms with Crippen LogP contribution < -0.4 is 5.32 Å². The predicted octanol–water partition coefficient (Wildman–Crippen LogP) is 3.90. The Morgan fingerprint density at radius 1 is 0.886 bits per heavy atom. The number of carbonyl (C=O) groups excluding carboxylic acids is 2. The monoisotopic (exact) mass is 511 g/mol. The zero-order valence-electron chi connectivity index (χ0n) is 19.3. The Kier molecular flexibility index (Phi) is 7.66. The molecule has 3 aromatic carbocycles. The Labute approximate surface area is 210 Å². The molecule has 1 fully saturated rings. The van der Waals surface area contributed by atoms with Crippen molar-refractivity contribution in [3.63, 3.8) is 0 Å². The molecule has 1 aliphatic heterocycles. The Hall–Kier alpha value is -3.04. The molecule has 4 rings (SSSR count). The molecule has 1 saturated heterocycles. The molecule has 0 aliphatic carbocycles. The maximum absolute atomic E-state index is 13.1. The van der Waals surface area contributed by atoms with Crippen molar-refractivity contribution in [3.05, 3.63) is 100 Å². The minimum absolute atomic E-state index is 0.231. The molecule has 3 aromatic rings. The molecule has 1 N–H and O–H groups in total. The zero-order valence-corrected chi connectivity index (χ0v) is 20.8. The standard InChI is InChI=1S/C26H26ClN3O4S/c1-35(33,34)30-14-12-29(13-15-30)18-19-6-5-9-21(16-19)26(32)28-24-11-10-22(27)17-23(24)25(31)20-7-3-2-4-8-20/h2-11,16-17H,12-15,18H2,1H3,(H,28,32). The molecule has 1 heterocycles. The Balaban J connectivity index is 1.47. The van der Waals surface area contributed by atoms with Gasteiger partial charge in [-0.15, -0.1) is 0 Å². The van der Waals surface area contributed by atoms with Gasteiger partial charge in [0.2, 0.25) is 10.0 Å². The van der Waals surface area contributed by atoms with E-state index in [0.717, 1.165) is 5.56 Å². The van der Waals surface area contributed by atoms with Gasteiger partial charge in [-0.25, -0.2) is 8.42 Å². The van der Waals surface area contributed by atoms with Crippen LogP contribution in [0.3, 0.4) is 0 Å². The normalized spacial score (nSPS) is 15.0. The molecule has 0 radical (unpaired) electrons. The third-order valence-corrected chi connectivity index (χ3v) is 7.44. The van der Waals surface area contributed by atoms with Gasteiger partial charge in [-0.3, -0.25) is 14.5 Å². The molecular formula is C26H26ClN3O4S. The number of nitrogens with one attached hydrogen (secondary N) is 1. The van der Waals surface area contributed by atoms with E-state index in [2.05, 4.69) is 10.2 Å². The number of nitrogens with zero attached hydrogens (tertiary/aromatic N) is 2. The number of ketones is 1. The first-order chi connectivity index (χ1) is 16.7. The minimum atomic E-state index is -3.18. The van der Waals surface area contributed by atoms with E-state index in [1.807, 2.05) is 24.3 Å². The van der Waals surface area contributed by atoms with Crippen molar-refractivity contribution in [2.75, 3.05) is 37.8 Å². The summed E-state index contributed by atoms with van der Waals surface area (Å²) in [7, 11) is -3.18. The Bertz CT molecular complexity index is 1340. The van der Waals surface area contributed by atoms with Crippen molar-refractivity contribution >= 4 is 39.0 Å². The first kappa shape index (κ1) is 25.1. The highest BCUT2D eigenvalue weighted by molar-refractivity contribution is 7.88. The minimum Gasteiger partial charge on any atom is -0.321 e. The van der Waals surface area contributed by atoms with Crippen molar-refractivity contribution in [3.8, 4) is 0 Å². The largest absolute Gasteiger partial charge is 0.321 e. The molecule has 35 heavy (non-hydrogen) atoms. The molecule has 1 aliphatic rings. The van der Waals surface area contributed by atoms with Crippen LogP contribution in [0.25, 0.3) is 0 Å². The van der Waals surface area contributed by atoms with Gasteiger partial charge in [-0.05, 0) is 35.9 Å². The van der Waals surface area contributed by atoms with Gasteiger partial charge in [0.1, 0.15) is 0 Å². The fourth-order valence-corrected chi connectivity index (χ4v) is 5.04. The van der Waals surface area contributed by atoms with Crippen LogP contribution in [0.4, 0.5) is 5.69 Å². The highest BCUT2D eigenvalue weighted by Crippen LogP contribution is 2.24. The first-order valence-corrected chi connectivity index (χ1v) is 13.4. The number of benzene rings is 3. The molecule has 7 nitrogen and oxygen atoms in total. The van der Waals surface area contributed by atoms with Crippen LogP contribution in [0.15, 0.2) is 72.8 Å². The second-order valence-corrected chi connectivity index (χ2v) is 10.9. The van der Waals surface area contributed by atoms with Crippen LogP contribution >= 0.6 is 11.6 Å². The van der Waals surface area contributed by atoms with Crippen LogP contribution in [0.1, 0.15) is 31.8 Å². The number of halogens is 1. The SMILES string of the molecule is CS(=O)(=O)N1CCN(Cc2cccc(C(=O)Nc3ccc(Cl)cc3C(=O)c3ccccc3)c2)CC1. The lowest BCUT2D eigenvalue weighted by molar-refractivity contribution is 0.102. The second kappa shape index (κ2) is 10.7. The number of sulfonamides is 1. The van der Waals surface area contributed by atoms with Gasteiger partial charge < -0.3 is 5.32 Å². The Morgan fingerprint density at radius 3 is 2.26 bits per heavy atom. The lowest BCUT2D eigenvalue weighted by Gasteiger charge is -2.33. The number of hydrogen-bond donors (Lipinski definition) is 1. The number of carbonyl (C=O) groups is 2. The molecule has 0 aromatic heterocycles. The van der Waals surface area contributed by atoms with Crippen molar-refractivity contribution in [2.24, 2.45) is 0 Å². The Morgan fingerprint density at radius 2 is 1.57 bits per heavy atom. The highest BCUT2D eigenvalue weighted by atomic mass is 35.5. The van der Waals surface area contributed by atoms with Crippen molar-refractivity contribution in [1.82, 2.24) is 9.21 Å². The lowest BCUT2D eigenvalue weighted by atomic mass is 10.0. The summed E-state index contributed by atoms with van der Waals surface area (Å²) in [6.07, 6.45) is 1.23. The van der Waals surface area contributed by atoms with Gasteiger partial charge in [0.05, 0.1) is 11.9 Å². The molecule has 0 unspecified atom stereocenters. The van der Waals surface area contributed by atoms with E-state index >= 15 is 0 Å². The summed E-state index contributed by atoms with van der Waals surface area (Å²) in [5.74, 6) is -0.566. The van der Waals surface area contributed by atoms with Crippen molar-refractivity contribution in [1.29, 1.82) is 0 Å². The van der Waals surface area contributed by atoms with E-state index in [9.17, 15) is 18.0 Å². The van der Waals surface area contributed by atoms with Gasteiger partial charge in [0.15, 0.2) is 5.78 Å². The van der Waals surface area contributed by atoms with Gasteiger partial charge in [-0.2, -0.15) is 4.31 Å². The highest BCUT2D eigenvalue weighted by Gasteiger charge is 2.23. The van der Waals surface area contributed by atoms with Crippen LogP contribution in [0.2, 0.25) is 5.02 Å². The predicted molar refractivity (Wildman–Crippen MR) is 137 cm³/mol. The van der Waals surface area contributed by atoms with Crippen molar-refractivity contribution in [2.45, 2.75) is 6.54 Å². The van der Waals surface area contributed by atoms with Crippen LogP contribution in [-0.2, 0) is 16.6 Å². The number of hydrogen-bond acceptors (Lipinski definition) is 5. The van der Waals surface area contributed by atoms with Gasteiger partial charge in [0.25, 0.3) is 5.91 Å². The third kappa shape index (κ3) is 6.35. The average molecular weight is 512 g/mol. The topological polar surface area (TPSA) is 86.8 Å². The second-order valence-electron chi connectivity index (χ2n) is 8.48. The molecule has 0 spiro atoms. The van der Waals surface area contributed by atoms with E-state index in [-0.39, 0.29) is 11.7 Å². The molecule has 1 amide bonds. The summed E-state index contributed by atoms with van der Waals surface area (Å²) >= 11 is 6.14. The maximum atomic E-state index is 13.1. The first-order valence-electron chi connectivity index (χ1n) is 11.2. The molecular weight excluding hydrogens is 486 g/mol. The molecule has 9 heteroatoms. The van der Waals surface area contributed by atoms with Gasteiger partial charge >= 0.3 is 0 Å². The number of anilines is 1. The molecule has 0 atom stereocenters. The van der Waals surface area contributed by atoms with E-state index in [1.54, 1.807) is 48.5 Å².